The molecule has 0 spiro atoms. The first-order valence-electron chi connectivity index (χ1n) is 5.25. The van der Waals surface area contributed by atoms with Crippen molar-refractivity contribution in [3.05, 3.63) is 28.8 Å². The normalized spacial score (nSPS) is 12.7. The number of hydrogen-bond acceptors (Lipinski definition) is 2. The molecule has 1 atom stereocenters. The lowest BCUT2D eigenvalue weighted by Crippen LogP contribution is -1.97. The first-order chi connectivity index (χ1) is 7.13. The molecule has 0 aromatic heterocycles. The SMILES string of the molecule is CCC(C)CSCc1cc(Cl)ccc1N. The summed E-state index contributed by atoms with van der Waals surface area (Å²) < 4.78 is 0. The smallest absolute Gasteiger partial charge is 0.0410 e. The summed E-state index contributed by atoms with van der Waals surface area (Å²) in [5.74, 6) is 2.91. The van der Waals surface area contributed by atoms with Crippen LogP contribution < -0.4 is 5.73 Å². The lowest BCUT2D eigenvalue weighted by atomic mass is 10.2. The van der Waals surface area contributed by atoms with Gasteiger partial charge in [-0.2, -0.15) is 11.8 Å². The fourth-order valence-electron chi connectivity index (χ4n) is 1.19. The second-order valence-electron chi connectivity index (χ2n) is 3.87. The number of thioether (sulfide) groups is 1. The average Bonchev–Trinajstić information content (AvgIpc) is 2.23. The molecule has 0 amide bonds. The molecule has 0 heterocycles. The Bertz CT molecular complexity index is 314. The van der Waals surface area contributed by atoms with Gasteiger partial charge in [-0.05, 0) is 35.4 Å². The van der Waals surface area contributed by atoms with E-state index in [2.05, 4.69) is 13.8 Å². The van der Waals surface area contributed by atoms with Crippen molar-refractivity contribution in [3.63, 3.8) is 0 Å². The molecule has 0 radical (unpaired) electrons. The number of nitrogen functional groups attached to an aromatic ring is 1. The highest BCUT2D eigenvalue weighted by atomic mass is 35.5. The minimum absolute atomic E-state index is 0.767. The summed E-state index contributed by atoms with van der Waals surface area (Å²) in [5.41, 5.74) is 7.86. The van der Waals surface area contributed by atoms with Crippen LogP contribution in [0.2, 0.25) is 5.02 Å². The summed E-state index contributed by atoms with van der Waals surface area (Å²) in [6.45, 7) is 4.49. The Morgan fingerprint density at radius 1 is 1.47 bits per heavy atom. The van der Waals surface area contributed by atoms with Gasteiger partial charge in [0.15, 0.2) is 0 Å². The number of benzene rings is 1. The van der Waals surface area contributed by atoms with Crippen molar-refractivity contribution in [1.29, 1.82) is 0 Å². The third kappa shape index (κ3) is 4.35. The van der Waals surface area contributed by atoms with Crippen molar-refractivity contribution in [1.82, 2.24) is 0 Å². The van der Waals surface area contributed by atoms with Gasteiger partial charge in [0.05, 0.1) is 0 Å². The van der Waals surface area contributed by atoms with Crippen molar-refractivity contribution < 1.29 is 0 Å². The van der Waals surface area contributed by atoms with E-state index in [1.807, 2.05) is 30.0 Å². The summed E-state index contributed by atoms with van der Waals surface area (Å²) in [4.78, 5) is 0. The van der Waals surface area contributed by atoms with E-state index in [1.54, 1.807) is 0 Å². The summed E-state index contributed by atoms with van der Waals surface area (Å²) in [7, 11) is 0. The molecule has 1 nitrogen and oxygen atoms in total. The molecule has 0 saturated heterocycles. The molecule has 1 aromatic carbocycles. The van der Waals surface area contributed by atoms with E-state index in [9.17, 15) is 0 Å². The fourth-order valence-corrected chi connectivity index (χ4v) is 2.61. The predicted molar refractivity (Wildman–Crippen MR) is 71.5 cm³/mol. The van der Waals surface area contributed by atoms with E-state index in [0.29, 0.717) is 0 Å². The molecule has 3 heteroatoms. The molecular formula is C12H18ClNS. The minimum Gasteiger partial charge on any atom is -0.398 e. The van der Waals surface area contributed by atoms with Crippen molar-refractivity contribution >= 4 is 29.1 Å². The molecule has 0 aliphatic rings. The van der Waals surface area contributed by atoms with Gasteiger partial charge in [-0.3, -0.25) is 0 Å². The van der Waals surface area contributed by atoms with Crippen molar-refractivity contribution in [2.24, 2.45) is 5.92 Å². The van der Waals surface area contributed by atoms with E-state index in [-0.39, 0.29) is 0 Å². The monoisotopic (exact) mass is 243 g/mol. The summed E-state index contributed by atoms with van der Waals surface area (Å²) in [6, 6.07) is 5.67. The zero-order valence-corrected chi connectivity index (χ0v) is 10.9. The van der Waals surface area contributed by atoms with E-state index in [0.717, 1.165) is 27.9 Å². The summed E-state index contributed by atoms with van der Waals surface area (Å²) in [5, 5.41) is 0.767. The van der Waals surface area contributed by atoms with Gasteiger partial charge in [-0.25, -0.2) is 0 Å². The molecule has 84 valence electrons. The van der Waals surface area contributed by atoms with Gasteiger partial charge in [0, 0.05) is 16.5 Å². The van der Waals surface area contributed by atoms with Crippen LogP contribution in [0.15, 0.2) is 18.2 Å². The largest absolute Gasteiger partial charge is 0.398 e. The van der Waals surface area contributed by atoms with Gasteiger partial charge in [0.2, 0.25) is 0 Å². The van der Waals surface area contributed by atoms with Crippen LogP contribution in [-0.4, -0.2) is 5.75 Å². The highest BCUT2D eigenvalue weighted by molar-refractivity contribution is 7.98. The lowest BCUT2D eigenvalue weighted by molar-refractivity contribution is 0.637. The Kier molecular flexibility index (Phi) is 5.34. The maximum absolute atomic E-state index is 5.92. The molecule has 0 saturated carbocycles. The molecule has 2 N–H and O–H groups in total. The first-order valence-corrected chi connectivity index (χ1v) is 6.78. The van der Waals surface area contributed by atoms with E-state index >= 15 is 0 Å². The van der Waals surface area contributed by atoms with Gasteiger partial charge in [0.1, 0.15) is 0 Å². The molecule has 0 bridgehead atoms. The number of anilines is 1. The fraction of sp³-hybridized carbons (Fsp3) is 0.500. The second kappa shape index (κ2) is 6.29. The standard InChI is InChI=1S/C12H18ClNS/c1-3-9(2)7-15-8-10-6-11(13)4-5-12(10)14/h4-6,9H,3,7-8,14H2,1-2H3. The molecule has 15 heavy (non-hydrogen) atoms. The quantitative estimate of drug-likeness (QED) is 0.785. The molecule has 0 aliphatic heterocycles. The van der Waals surface area contributed by atoms with Crippen LogP contribution >= 0.6 is 23.4 Å². The third-order valence-electron chi connectivity index (χ3n) is 2.46. The number of rotatable bonds is 5. The van der Waals surface area contributed by atoms with Crippen molar-refractivity contribution in [2.45, 2.75) is 26.0 Å². The molecule has 1 aromatic rings. The predicted octanol–water partition coefficient (Wildman–Crippen LogP) is 4.20. The number of nitrogens with two attached hydrogens (primary N) is 1. The lowest BCUT2D eigenvalue weighted by Gasteiger charge is -2.09. The van der Waals surface area contributed by atoms with Crippen molar-refractivity contribution in [3.8, 4) is 0 Å². The van der Waals surface area contributed by atoms with Crippen LogP contribution in [0.1, 0.15) is 25.8 Å². The maximum Gasteiger partial charge on any atom is 0.0410 e. The molecule has 0 fully saturated rings. The van der Waals surface area contributed by atoms with Gasteiger partial charge >= 0.3 is 0 Å². The molecule has 0 aliphatic carbocycles. The number of hydrogen-bond donors (Lipinski definition) is 1. The number of halogens is 1. The van der Waals surface area contributed by atoms with Gasteiger partial charge in [0.25, 0.3) is 0 Å². The molecule has 1 rings (SSSR count). The Hall–Kier alpha value is -0.340. The Morgan fingerprint density at radius 3 is 2.87 bits per heavy atom. The first kappa shape index (κ1) is 12.7. The maximum atomic E-state index is 5.92. The van der Waals surface area contributed by atoms with Crippen LogP contribution in [0, 0.1) is 5.92 Å². The molecular weight excluding hydrogens is 226 g/mol. The topological polar surface area (TPSA) is 26.0 Å². The average molecular weight is 244 g/mol. The van der Waals surface area contributed by atoms with Gasteiger partial charge in [-0.1, -0.05) is 31.9 Å². The van der Waals surface area contributed by atoms with Crippen molar-refractivity contribution in [2.75, 3.05) is 11.5 Å². The van der Waals surface area contributed by atoms with Gasteiger partial charge in [-0.15, -0.1) is 0 Å². The van der Waals surface area contributed by atoms with Gasteiger partial charge < -0.3 is 5.73 Å². The second-order valence-corrected chi connectivity index (χ2v) is 5.34. The highest BCUT2D eigenvalue weighted by Gasteiger charge is 2.03. The summed E-state index contributed by atoms with van der Waals surface area (Å²) >= 11 is 7.84. The highest BCUT2D eigenvalue weighted by Crippen LogP contribution is 2.24. The Labute approximate surface area is 101 Å². The van der Waals surface area contributed by atoms with Crippen LogP contribution in [0.25, 0.3) is 0 Å². The minimum atomic E-state index is 0.767. The van der Waals surface area contributed by atoms with E-state index in [1.165, 1.54) is 12.2 Å². The Balaban J connectivity index is 2.46. The van der Waals surface area contributed by atoms with Crippen LogP contribution in [0.5, 0.6) is 0 Å². The van der Waals surface area contributed by atoms with Crippen LogP contribution in [0.4, 0.5) is 5.69 Å². The van der Waals surface area contributed by atoms with E-state index < -0.39 is 0 Å². The summed E-state index contributed by atoms with van der Waals surface area (Å²) in [6.07, 6.45) is 1.23. The van der Waals surface area contributed by atoms with Crippen LogP contribution in [-0.2, 0) is 5.75 Å². The Morgan fingerprint density at radius 2 is 2.20 bits per heavy atom. The molecule has 1 unspecified atom stereocenters. The third-order valence-corrected chi connectivity index (χ3v) is 4.02. The van der Waals surface area contributed by atoms with E-state index in [4.69, 9.17) is 17.3 Å². The zero-order chi connectivity index (χ0) is 11.3. The zero-order valence-electron chi connectivity index (χ0n) is 9.29. The van der Waals surface area contributed by atoms with Crippen LogP contribution in [0.3, 0.4) is 0 Å².